The summed E-state index contributed by atoms with van der Waals surface area (Å²) in [5.74, 6) is 1.41. The molecule has 0 fully saturated rings. The van der Waals surface area contributed by atoms with Crippen molar-refractivity contribution in [2.24, 2.45) is 0 Å². The van der Waals surface area contributed by atoms with Crippen molar-refractivity contribution in [1.29, 1.82) is 0 Å². The second kappa shape index (κ2) is 8.64. The molecule has 4 rings (SSSR count). The lowest BCUT2D eigenvalue weighted by atomic mass is 10.0. The van der Waals surface area contributed by atoms with Crippen LogP contribution in [0.5, 0.6) is 5.75 Å². The summed E-state index contributed by atoms with van der Waals surface area (Å²) in [6, 6.07) is 19.5. The van der Waals surface area contributed by atoms with Crippen LogP contribution < -0.4 is 10.1 Å². The third-order valence-electron chi connectivity index (χ3n) is 5.20. The Morgan fingerprint density at radius 3 is 2.68 bits per heavy atom. The minimum Gasteiger partial charge on any atom is -0.484 e. The van der Waals surface area contributed by atoms with Crippen molar-refractivity contribution in [3.8, 4) is 17.2 Å². The van der Waals surface area contributed by atoms with E-state index in [9.17, 15) is 4.79 Å². The van der Waals surface area contributed by atoms with Crippen LogP contribution in [0.2, 0.25) is 0 Å². The molecule has 0 aliphatic heterocycles. The monoisotopic (exact) mass is 414 g/mol. The van der Waals surface area contributed by atoms with Gasteiger partial charge in [0.25, 0.3) is 5.91 Å². The zero-order chi connectivity index (χ0) is 22.0. The maximum Gasteiger partial charge on any atom is 0.262 e. The summed E-state index contributed by atoms with van der Waals surface area (Å²) < 4.78 is 11.6. The second-order valence-corrected chi connectivity index (χ2v) is 8.08. The molecule has 4 aromatic rings. The molecule has 0 unspecified atom stereocenters. The van der Waals surface area contributed by atoms with E-state index in [0.29, 0.717) is 23.2 Å². The third kappa shape index (κ3) is 4.77. The smallest absolute Gasteiger partial charge is 0.262 e. The van der Waals surface area contributed by atoms with E-state index in [4.69, 9.17) is 9.15 Å². The molecule has 0 bridgehead atoms. The van der Waals surface area contributed by atoms with Crippen molar-refractivity contribution in [3.05, 3.63) is 77.4 Å². The Morgan fingerprint density at radius 2 is 1.90 bits per heavy atom. The summed E-state index contributed by atoms with van der Waals surface area (Å²) in [5, 5.41) is 2.93. The van der Waals surface area contributed by atoms with Gasteiger partial charge in [-0.05, 0) is 72.9 Å². The van der Waals surface area contributed by atoms with Crippen LogP contribution in [-0.2, 0) is 4.79 Å². The number of ether oxygens (including phenoxy) is 1. The molecule has 5 nitrogen and oxygen atoms in total. The van der Waals surface area contributed by atoms with Crippen molar-refractivity contribution in [2.75, 3.05) is 11.9 Å². The van der Waals surface area contributed by atoms with Crippen molar-refractivity contribution < 1.29 is 13.9 Å². The topological polar surface area (TPSA) is 64.4 Å². The number of aromatic nitrogens is 1. The van der Waals surface area contributed by atoms with Crippen LogP contribution in [0.3, 0.4) is 0 Å². The molecule has 5 heteroatoms. The Morgan fingerprint density at radius 1 is 1.06 bits per heavy atom. The number of rotatable bonds is 6. The molecule has 0 atom stereocenters. The summed E-state index contributed by atoms with van der Waals surface area (Å²) in [6.45, 7) is 8.17. The van der Waals surface area contributed by atoms with E-state index in [2.05, 4.69) is 36.3 Å². The zero-order valence-electron chi connectivity index (χ0n) is 18.2. The van der Waals surface area contributed by atoms with Crippen LogP contribution in [0.1, 0.15) is 36.5 Å². The lowest BCUT2D eigenvalue weighted by Crippen LogP contribution is -2.20. The third-order valence-corrected chi connectivity index (χ3v) is 5.20. The van der Waals surface area contributed by atoms with E-state index < -0.39 is 0 Å². The van der Waals surface area contributed by atoms with Crippen LogP contribution in [-0.4, -0.2) is 17.5 Å². The molecule has 31 heavy (non-hydrogen) atoms. The Hall–Kier alpha value is -3.60. The Kier molecular flexibility index (Phi) is 5.76. The predicted molar refractivity (Wildman–Crippen MR) is 124 cm³/mol. The van der Waals surface area contributed by atoms with Gasteiger partial charge >= 0.3 is 0 Å². The largest absolute Gasteiger partial charge is 0.484 e. The van der Waals surface area contributed by atoms with E-state index in [-0.39, 0.29) is 12.5 Å². The number of nitrogens with zero attached hydrogens (tertiary/aromatic N) is 1. The lowest BCUT2D eigenvalue weighted by Gasteiger charge is -2.11. The molecule has 0 radical (unpaired) electrons. The average Bonchev–Trinajstić information content (AvgIpc) is 3.17. The first-order valence-corrected chi connectivity index (χ1v) is 10.4. The van der Waals surface area contributed by atoms with Gasteiger partial charge in [-0.3, -0.25) is 4.79 Å². The molecule has 0 aliphatic carbocycles. The number of amides is 1. The number of hydrogen-bond acceptors (Lipinski definition) is 4. The standard InChI is InChI=1S/C26H26N2O3/c1-16(2)19-10-11-24-23(13-19)28-26(31-24)20-9-8-18(4)22(14-20)27-25(29)15-30-21-7-5-6-17(3)12-21/h5-14,16H,15H2,1-4H3,(H,27,29). The fraction of sp³-hybridized carbons (Fsp3) is 0.231. The maximum atomic E-state index is 12.4. The fourth-order valence-electron chi connectivity index (χ4n) is 3.36. The lowest BCUT2D eigenvalue weighted by molar-refractivity contribution is -0.118. The van der Waals surface area contributed by atoms with Crippen molar-refractivity contribution >= 4 is 22.7 Å². The maximum absolute atomic E-state index is 12.4. The molecule has 1 amide bonds. The fourth-order valence-corrected chi connectivity index (χ4v) is 3.36. The normalized spacial score (nSPS) is 11.1. The predicted octanol–water partition coefficient (Wildman–Crippen LogP) is 6.25. The molecule has 158 valence electrons. The van der Waals surface area contributed by atoms with E-state index in [0.717, 1.165) is 27.8 Å². The summed E-state index contributed by atoms with van der Waals surface area (Å²) in [4.78, 5) is 17.1. The van der Waals surface area contributed by atoms with Gasteiger partial charge < -0.3 is 14.5 Å². The molecule has 0 aliphatic rings. The molecular formula is C26H26N2O3. The number of oxazole rings is 1. The first-order valence-electron chi connectivity index (χ1n) is 10.4. The van der Waals surface area contributed by atoms with Gasteiger partial charge in [0, 0.05) is 11.3 Å². The molecule has 3 aromatic carbocycles. The van der Waals surface area contributed by atoms with Gasteiger partial charge in [-0.25, -0.2) is 4.98 Å². The second-order valence-electron chi connectivity index (χ2n) is 8.08. The molecule has 1 N–H and O–H groups in total. The molecule has 0 spiro atoms. The molecule has 1 aromatic heterocycles. The molecular weight excluding hydrogens is 388 g/mol. The highest BCUT2D eigenvalue weighted by atomic mass is 16.5. The number of benzene rings is 3. The van der Waals surface area contributed by atoms with E-state index >= 15 is 0 Å². The minimum atomic E-state index is -0.221. The Balaban J connectivity index is 1.51. The first kappa shape index (κ1) is 20.7. The number of carbonyl (C=O) groups is 1. The van der Waals surface area contributed by atoms with Crippen LogP contribution in [0.25, 0.3) is 22.6 Å². The van der Waals surface area contributed by atoms with Crippen molar-refractivity contribution in [3.63, 3.8) is 0 Å². The van der Waals surface area contributed by atoms with Gasteiger partial charge in [-0.15, -0.1) is 0 Å². The van der Waals surface area contributed by atoms with Gasteiger partial charge in [0.15, 0.2) is 12.2 Å². The van der Waals surface area contributed by atoms with Gasteiger partial charge in [-0.2, -0.15) is 0 Å². The summed E-state index contributed by atoms with van der Waals surface area (Å²) in [5.41, 5.74) is 6.35. The van der Waals surface area contributed by atoms with Gasteiger partial charge in [-0.1, -0.05) is 38.1 Å². The van der Waals surface area contributed by atoms with Gasteiger partial charge in [0.05, 0.1) is 0 Å². The summed E-state index contributed by atoms with van der Waals surface area (Å²) in [6.07, 6.45) is 0. The van der Waals surface area contributed by atoms with E-state index in [1.54, 1.807) is 0 Å². The van der Waals surface area contributed by atoms with Crippen molar-refractivity contribution in [2.45, 2.75) is 33.6 Å². The van der Waals surface area contributed by atoms with Crippen LogP contribution in [0.15, 0.2) is 65.1 Å². The zero-order valence-corrected chi connectivity index (χ0v) is 18.2. The quantitative estimate of drug-likeness (QED) is 0.405. The van der Waals surface area contributed by atoms with Gasteiger partial charge in [0.1, 0.15) is 11.3 Å². The number of nitrogens with one attached hydrogen (secondary N) is 1. The SMILES string of the molecule is Cc1cccc(OCC(=O)Nc2cc(-c3nc4cc(C(C)C)ccc4o3)ccc2C)c1. The highest BCUT2D eigenvalue weighted by Gasteiger charge is 2.13. The Labute approximate surface area is 182 Å². The molecule has 0 saturated heterocycles. The van der Waals surface area contributed by atoms with E-state index in [1.807, 2.05) is 62.4 Å². The summed E-state index contributed by atoms with van der Waals surface area (Å²) >= 11 is 0. The number of hydrogen-bond donors (Lipinski definition) is 1. The highest BCUT2D eigenvalue weighted by molar-refractivity contribution is 5.93. The first-order chi connectivity index (χ1) is 14.9. The van der Waals surface area contributed by atoms with Crippen LogP contribution in [0, 0.1) is 13.8 Å². The summed E-state index contributed by atoms with van der Waals surface area (Å²) in [7, 11) is 0. The highest BCUT2D eigenvalue weighted by Crippen LogP contribution is 2.29. The average molecular weight is 415 g/mol. The van der Waals surface area contributed by atoms with Crippen LogP contribution >= 0.6 is 0 Å². The van der Waals surface area contributed by atoms with Crippen LogP contribution in [0.4, 0.5) is 5.69 Å². The van der Waals surface area contributed by atoms with Gasteiger partial charge in [0.2, 0.25) is 5.89 Å². The molecule has 1 heterocycles. The minimum absolute atomic E-state index is 0.0615. The number of anilines is 1. The molecule has 0 saturated carbocycles. The number of aryl methyl sites for hydroxylation is 2. The number of carbonyl (C=O) groups excluding carboxylic acids is 1. The Bertz CT molecular complexity index is 1240. The van der Waals surface area contributed by atoms with E-state index in [1.165, 1.54) is 5.56 Å². The van der Waals surface area contributed by atoms with Crippen molar-refractivity contribution in [1.82, 2.24) is 4.98 Å². The number of fused-ring (bicyclic) bond motifs is 1.